The summed E-state index contributed by atoms with van der Waals surface area (Å²) in [6.07, 6.45) is 3.67. The first-order valence-corrected chi connectivity index (χ1v) is 16.7. The van der Waals surface area contributed by atoms with Gasteiger partial charge in [0.1, 0.15) is 45.8 Å². The highest BCUT2D eigenvalue weighted by Crippen LogP contribution is 2.28. The number of hydrogen-bond acceptors (Lipinski definition) is 13. The fraction of sp³-hybridized carbons (Fsp3) is 0.324. The molecule has 2 aromatic carbocycles. The largest absolute Gasteiger partial charge is 0.497 e. The highest BCUT2D eigenvalue weighted by Gasteiger charge is 2.29. The van der Waals surface area contributed by atoms with E-state index in [9.17, 15) is 9.59 Å². The van der Waals surface area contributed by atoms with Crippen molar-refractivity contribution in [3.8, 4) is 52.9 Å². The molecule has 0 spiro atoms. The molecule has 0 saturated carbocycles. The molecule has 0 unspecified atom stereocenters. The van der Waals surface area contributed by atoms with Crippen molar-refractivity contribution in [2.24, 2.45) is 11.5 Å². The maximum atomic E-state index is 11.9. The fourth-order valence-electron chi connectivity index (χ4n) is 6.01. The summed E-state index contributed by atoms with van der Waals surface area (Å²) in [5.41, 5.74) is 25.2. The smallest absolute Gasteiger partial charge is 0.255 e. The summed E-state index contributed by atoms with van der Waals surface area (Å²) in [6, 6.07) is 10.4. The third kappa shape index (κ3) is 8.53. The quantitative estimate of drug-likeness (QED) is 0.126. The van der Waals surface area contributed by atoms with Crippen molar-refractivity contribution in [3.05, 3.63) is 70.0 Å². The molecule has 17 nitrogen and oxygen atoms in total. The van der Waals surface area contributed by atoms with Crippen molar-refractivity contribution in [2.45, 2.75) is 24.9 Å². The topological polar surface area (TPSA) is 250 Å². The highest BCUT2D eigenvalue weighted by molar-refractivity contribution is 6.00. The lowest BCUT2D eigenvalue weighted by molar-refractivity contribution is 0.0992. The number of nitrogens with zero attached hydrogens (tertiary/aromatic N) is 6. The molecule has 2 aliphatic rings. The lowest BCUT2D eigenvalue weighted by Crippen LogP contribution is -2.19. The maximum absolute atomic E-state index is 11.9. The molecular formula is C37H41N11O6. The second kappa shape index (κ2) is 17.0. The van der Waals surface area contributed by atoms with Crippen LogP contribution in [0.4, 0.5) is 11.6 Å². The number of carbonyl (C=O) groups excluding carboxylic acids is 2. The van der Waals surface area contributed by atoms with Crippen LogP contribution in [0.15, 0.2) is 36.4 Å². The van der Waals surface area contributed by atoms with Gasteiger partial charge in [-0.1, -0.05) is 11.8 Å². The number of hydrogen-bond donors (Lipinski definition) is 5. The van der Waals surface area contributed by atoms with Crippen molar-refractivity contribution in [2.75, 3.05) is 66.1 Å². The minimum Gasteiger partial charge on any atom is -0.497 e. The van der Waals surface area contributed by atoms with Crippen LogP contribution in [0, 0.1) is 35.1 Å². The van der Waals surface area contributed by atoms with Crippen LogP contribution in [-0.2, 0) is 0 Å². The Hall–Kier alpha value is -7.03. The molecule has 17 heteroatoms. The second-order valence-electron chi connectivity index (χ2n) is 12.2. The number of benzene rings is 2. The number of nitrogens with two attached hydrogens (primary N) is 4. The van der Waals surface area contributed by atoms with E-state index < -0.39 is 11.8 Å². The summed E-state index contributed by atoms with van der Waals surface area (Å²) in [6.45, 7) is 2.70. The van der Waals surface area contributed by atoms with Crippen molar-refractivity contribution in [1.29, 1.82) is 5.26 Å². The van der Waals surface area contributed by atoms with Gasteiger partial charge >= 0.3 is 0 Å². The van der Waals surface area contributed by atoms with Crippen LogP contribution in [0.1, 0.15) is 68.2 Å². The Morgan fingerprint density at radius 2 is 1.17 bits per heavy atom. The molecular weight excluding hydrogens is 694 g/mol. The van der Waals surface area contributed by atoms with Crippen molar-refractivity contribution in [3.63, 3.8) is 0 Å². The van der Waals surface area contributed by atoms with E-state index >= 15 is 0 Å². The first-order chi connectivity index (χ1) is 26.0. The van der Waals surface area contributed by atoms with Crippen LogP contribution in [-0.4, -0.2) is 90.9 Å². The summed E-state index contributed by atoms with van der Waals surface area (Å²) in [5.74, 6) is 13.2. The van der Waals surface area contributed by atoms with E-state index in [1.165, 1.54) is 4.68 Å². The fourth-order valence-corrected chi connectivity index (χ4v) is 6.01. The monoisotopic (exact) mass is 735 g/mol. The minimum absolute atomic E-state index is 0.0813. The number of anilines is 2. The number of carbonyl (C=O) groups is 2. The Balaban J connectivity index is 0.000000208. The molecule has 0 radical (unpaired) electrons. The van der Waals surface area contributed by atoms with Crippen LogP contribution in [0.3, 0.4) is 0 Å². The number of nitrogen functional groups attached to an aromatic ring is 2. The second-order valence-corrected chi connectivity index (χ2v) is 12.2. The van der Waals surface area contributed by atoms with Gasteiger partial charge in [-0.2, -0.15) is 15.5 Å². The molecule has 2 atom stereocenters. The number of rotatable bonds is 8. The molecule has 9 N–H and O–H groups in total. The predicted molar refractivity (Wildman–Crippen MR) is 199 cm³/mol. The number of ether oxygens (including phenoxy) is 4. The van der Waals surface area contributed by atoms with Crippen LogP contribution in [0.2, 0.25) is 0 Å². The molecule has 2 aliphatic heterocycles. The highest BCUT2D eigenvalue weighted by atomic mass is 16.5. The summed E-state index contributed by atoms with van der Waals surface area (Å²) >= 11 is 0. The number of amides is 2. The third-order valence-corrected chi connectivity index (χ3v) is 8.77. The van der Waals surface area contributed by atoms with E-state index in [2.05, 4.69) is 45.4 Å². The Bertz CT molecular complexity index is 2170. The van der Waals surface area contributed by atoms with E-state index in [-0.39, 0.29) is 46.2 Å². The van der Waals surface area contributed by atoms with Gasteiger partial charge in [-0.15, -0.1) is 0 Å². The van der Waals surface area contributed by atoms with Gasteiger partial charge in [-0.25, -0.2) is 9.36 Å². The van der Waals surface area contributed by atoms with Crippen LogP contribution in [0.25, 0.3) is 0 Å². The van der Waals surface area contributed by atoms with Gasteiger partial charge in [0.2, 0.25) is 0 Å². The number of nitrogens with one attached hydrogen (secondary N) is 1. The summed E-state index contributed by atoms with van der Waals surface area (Å²) in [5, 5.41) is 21.1. The third-order valence-electron chi connectivity index (χ3n) is 8.77. The van der Waals surface area contributed by atoms with Crippen molar-refractivity contribution in [1.82, 2.24) is 29.8 Å². The van der Waals surface area contributed by atoms with Gasteiger partial charge in [0.25, 0.3) is 11.8 Å². The molecule has 4 heterocycles. The number of nitriles is 1. The summed E-state index contributed by atoms with van der Waals surface area (Å²) < 4.78 is 24.1. The van der Waals surface area contributed by atoms with Crippen LogP contribution < -0.4 is 47.2 Å². The van der Waals surface area contributed by atoms with E-state index in [1.807, 2.05) is 0 Å². The van der Waals surface area contributed by atoms with Crippen LogP contribution >= 0.6 is 0 Å². The molecule has 6 rings (SSSR count). The summed E-state index contributed by atoms with van der Waals surface area (Å²) in [4.78, 5) is 25.4. The number of aromatic nitrogens is 4. The summed E-state index contributed by atoms with van der Waals surface area (Å²) in [7, 11) is 6.22. The van der Waals surface area contributed by atoms with E-state index in [0.29, 0.717) is 53.6 Å². The van der Waals surface area contributed by atoms with Crippen molar-refractivity contribution >= 4 is 23.5 Å². The first kappa shape index (κ1) is 38.2. The molecule has 2 amide bonds. The number of methoxy groups -OCH3 is 4. The molecule has 4 aromatic rings. The minimum atomic E-state index is -0.702. The molecule has 0 aliphatic carbocycles. The van der Waals surface area contributed by atoms with Gasteiger partial charge in [0.05, 0.1) is 47.1 Å². The first-order valence-electron chi connectivity index (χ1n) is 16.7. The Morgan fingerprint density at radius 1 is 0.722 bits per heavy atom. The van der Waals surface area contributed by atoms with Gasteiger partial charge in [0.15, 0.2) is 17.6 Å². The van der Waals surface area contributed by atoms with Gasteiger partial charge < -0.3 is 52.1 Å². The Labute approximate surface area is 312 Å². The molecule has 280 valence electrons. The average molecular weight is 736 g/mol. The van der Waals surface area contributed by atoms with E-state index in [4.69, 9.17) is 47.1 Å². The van der Waals surface area contributed by atoms with Crippen molar-refractivity contribution < 1.29 is 28.5 Å². The zero-order valence-electron chi connectivity index (χ0n) is 30.3. The van der Waals surface area contributed by atoms with E-state index in [1.54, 1.807) is 74.4 Å². The Morgan fingerprint density at radius 3 is 1.52 bits per heavy atom. The standard InChI is InChI=1S/C19H20N6O3.C18H21N5O3/c1-27-14-7-12(8-15(9-14)28-2)3-4-16-17(19(22)26)18(21)25(23-16)13-5-6-24(10-13)11-20;1-25-13-7-11(8-14(9-13)26-2)3-4-15-16(18(20)24)17(19)23(22-15)12-5-6-21-10-12/h7-9,13H,5-6,10,21H2,1-2H3,(H2,22,26);7-9,12,21H,5-6,10,19H2,1-2H3,(H2,20,24)/t13-;12-/m00/s1. The predicted octanol–water partition coefficient (Wildman–Crippen LogP) is 1.22. The normalized spacial score (nSPS) is 15.7. The molecule has 2 fully saturated rings. The molecule has 0 bridgehead atoms. The lowest BCUT2D eigenvalue weighted by Gasteiger charge is -2.11. The average Bonchev–Trinajstić information content (AvgIpc) is 3.99. The Kier molecular flexibility index (Phi) is 12.0. The molecule has 54 heavy (non-hydrogen) atoms. The van der Waals surface area contributed by atoms with E-state index in [0.717, 1.165) is 19.5 Å². The lowest BCUT2D eigenvalue weighted by atomic mass is 10.1. The van der Waals surface area contributed by atoms with Gasteiger partial charge in [0, 0.05) is 36.3 Å². The number of likely N-dealkylation sites (tertiary alicyclic amines) is 1. The SMILES string of the molecule is COc1cc(C#Cc2nn([C@H]3CCN(C#N)C3)c(N)c2C(N)=O)cc(OC)c1.COc1cc(C#Cc2nn([C@H]3CCNC3)c(N)c2C(N)=O)cc(OC)c1. The molecule has 2 aromatic heterocycles. The van der Waals surface area contributed by atoms with Crippen LogP contribution in [0.5, 0.6) is 23.0 Å². The molecule has 2 saturated heterocycles. The zero-order chi connectivity index (χ0) is 38.9. The number of primary amides is 2. The van der Waals surface area contributed by atoms with Gasteiger partial charge in [-0.05, 0) is 55.5 Å². The zero-order valence-corrected chi connectivity index (χ0v) is 30.3. The van der Waals surface area contributed by atoms with Gasteiger partial charge in [-0.3, -0.25) is 9.59 Å². The maximum Gasteiger partial charge on any atom is 0.255 e.